The van der Waals surface area contributed by atoms with Crippen LogP contribution < -0.4 is 11.1 Å². The number of hydrazone groups is 1. The Bertz CT molecular complexity index is 263. The minimum atomic E-state index is -0.884. The maximum atomic E-state index is 9.11. The Balaban J connectivity index is 1.94. The molecule has 0 aromatic rings. The molecule has 3 atom stereocenters. The second kappa shape index (κ2) is 3.77. The summed E-state index contributed by atoms with van der Waals surface area (Å²) in [7, 11) is 0. The first-order chi connectivity index (χ1) is 6.77. The lowest BCUT2D eigenvalue weighted by molar-refractivity contribution is 0.159. The molecule has 2 aliphatic heterocycles. The fourth-order valence-corrected chi connectivity index (χ4v) is 1.32. The van der Waals surface area contributed by atoms with Crippen molar-refractivity contribution in [2.75, 3.05) is 6.54 Å². The van der Waals surface area contributed by atoms with Crippen molar-refractivity contribution in [3.63, 3.8) is 0 Å². The smallest absolute Gasteiger partial charge is 0.140 e. The molecule has 0 aliphatic carbocycles. The van der Waals surface area contributed by atoms with E-state index in [2.05, 4.69) is 15.4 Å². The predicted octanol–water partition coefficient (Wildman–Crippen LogP) is -1.35. The van der Waals surface area contributed by atoms with E-state index in [1.54, 1.807) is 23.8 Å². The highest BCUT2D eigenvalue weighted by Gasteiger charge is 2.20. The van der Waals surface area contributed by atoms with Gasteiger partial charge < -0.3 is 16.2 Å². The van der Waals surface area contributed by atoms with Crippen LogP contribution in [0.4, 0.5) is 0 Å². The Kier molecular flexibility index (Phi) is 2.47. The van der Waals surface area contributed by atoms with E-state index >= 15 is 0 Å². The molecule has 0 bridgehead atoms. The molecule has 14 heavy (non-hydrogen) atoms. The van der Waals surface area contributed by atoms with Gasteiger partial charge in [0.25, 0.3) is 0 Å². The maximum absolute atomic E-state index is 9.11. The first kappa shape index (κ1) is 9.17. The highest BCUT2D eigenvalue weighted by Crippen LogP contribution is 2.10. The molecule has 2 heterocycles. The number of nitrogens with one attached hydrogen (secondary N) is 1. The van der Waals surface area contributed by atoms with E-state index in [-0.39, 0.29) is 12.1 Å². The Morgan fingerprint density at radius 2 is 2.50 bits per heavy atom. The zero-order valence-corrected chi connectivity index (χ0v) is 7.61. The third kappa shape index (κ3) is 1.75. The number of nitrogens with zero attached hydrogens (tertiary/aromatic N) is 3. The molecule has 0 aromatic heterocycles. The Morgan fingerprint density at radius 3 is 3.00 bits per heavy atom. The van der Waals surface area contributed by atoms with Gasteiger partial charge in [-0.1, -0.05) is 6.08 Å². The van der Waals surface area contributed by atoms with Crippen LogP contribution in [0.3, 0.4) is 0 Å². The van der Waals surface area contributed by atoms with Gasteiger partial charge in [-0.3, -0.25) is 4.99 Å². The summed E-state index contributed by atoms with van der Waals surface area (Å²) in [4.78, 5) is 4.03. The molecule has 2 aliphatic rings. The quantitative estimate of drug-likeness (QED) is 0.476. The van der Waals surface area contributed by atoms with Crippen molar-refractivity contribution < 1.29 is 5.11 Å². The van der Waals surface area contributed by atoms with Gasteiger partial charge in [-0.25, -0.2) is 5.01 Å². The van der Waals surface area contributed by atoms with E-state index < -0.39 is 6.23 Å². The minimum Gasteiger partial charge on any atom is -0.378 e. The van der Waals surface area contributed by atoms with Crippen molar-refractivity contribution in [3.8, 4) is 0 Å². The van der Waals surface area contributed by atoms with Crippen LogP contribution in [0.25, 0.3) is 0 Å². The highest BCUT2D eigenvalue weighted by atomic mass is 16.3. The molecule has 2 rings (SSSR count). The fraction of sp³-hybridized carbons (Fsp3) is 0.500. The largest absolute Gasteiger partial charge is 0.378 e. The van der Waals surface area contributed by atoms with Gasteiger partial charge in [0.15, 0.2) is 0 Å². The lowest BCUT2D eigenvalue weighted by atomic mass is 10.1. The lowest BCUT2D eigenvalue weighted by Crippen LogP contribution is -2.40. The van der Waals surface area contributed by atoms with Crippen LogP contribution in [-0.2, 0) is 0 Å². The van der Waals surface area contributed by atoms with Crippen LogP contribution in [-0.4, -0.2) is 41.6 Å². The molecule has 4 N–H and O–H groups in total. The third-order valence-electron chi connectivity index (χ3n) is 2.18. The van der Waals surface area contributed by atoms with Crippen LogP contribution in [0.1, 0.15) is 0 Å². The second-order valence-corrected chi connectivity index (χ2v) is 3.23. The Morgan fingerprint density at radius 1 is 1.64 bits per heavy atom. The molecule has 0 amide bonds. The summed E-state index contributed by atoms with van der Waals surface area (Å²) in [6.07, 6.45) is 6.11. The first-order valence-electron chi connectivity index (χ1n) is 4.46. The zero-order valence-electron chi connectivity index (χ0n) is 7.61. The van der Waals surface area contributed by atoms with Crippen molar-refractivity contribution in [3.05, 3.63) is 12.3 Å². The molecule has 0 saturated heterocycles. The van der Waals surface area contributed by atoms with Gasteiger partial charge in [0.2, 0.25) is 0 Å². The molecule has 0 spiro atoms. The van der Waals surface area contributed by atoms with E-state index in [4.69, 9.17) is 10.8 Å². The predicted molar refractivity (Wildman–Crippen MR) is 53.4 cm³/mol. The van der Waals surface area contributed by atoms with Crippen LogP contribution in [0.2, 0.25) is 0 Å². The van der Waals surface area contributed by atoms with Gasteiger partial charge in [-0.15, -0.1) is 0 Å². The third-order valence-corrected chi connectivity index (χ3v) is 2.18. The summed E-state index contributed by atoms with van der Waals surface area (Å²) >= 11 is 0. The number of rotatable bonds is 2. The van der Waals surface area contributed by atoms with Crippen LogP contribution in [0.15, 0.2) is 22.4 Å². The summed E-state index contributed by atoms with van der Waals surface area (Å²) in [6.45, 7) is 0.678. The standard InChI is InChI=1S/C8H13N5O/c9-8(14)6-1-2-13(12-3-6)7-4-10-5-11-7/h1-3,5-8,14H,4,9H2,(H,10,11). The van der Waals surface area contributed by atoms with E-state index in [9.17, 15) is 0 Å². The van der Waals surface area contributed by atoms with E-state index in [0.29, 0.717) is 6.54 Å². The molecule has 0 aromatic carbocycles. The molecular formula is C8H13N5O. The van der Waals surface area contributed by atoms with E-state index in [0.717, 1.165) is 0 Å². The lowest BCUT2D eigenvalue weighted by Gasteiger charge is -2.26. The van der Waals surface area contributed by atoms with E-state index in [1.165, 1.54) is 0 Å². The number of hydrogen-bond donors (Lipinski definition) is 3. The fourth-order valence-electron chi connectivity index (χ4n) is 1.32. The van der Waals surface area contributed by atoms with Gasteiger partial charge in [-0.2, -0.15) is 5.10 Å². The molecule has 6 heteroatoms. The van der Waals surface area contributed by atoms with Crippen LogP contribution >= 0.6 is 0 Å². The average molecular weight is 195 g/mol. The zero-order chi connectivity index (χ0) is 9.97. The molecule has 0 radical (unpaired) electrons. The number of nitrogens with two attached hydrogens (primary N) is 1. The van der Waals surface area contributed by atoms with Gasteiger partial charge >= 0.3 is 0 Å². The average Bonchev–Trinajstić information content (AvgIpc) is 2.71. The minimum absolute atomic E-state index is 0.0818. The first-order valence-corrected chi connectivity index (χ1v) is 4.46. The summed E-state index contributed by atoms with van der Waals surface area (Å²) in [6, 6.07) is 0. The van der Waals surface area contributed by atoms with Gasteiger partial charge in [-0.05, 0) is 0 Å². The number of aliphatic hydroxyl groups is 1. The summed E-state index contributed by atoms with van der Waals surface area (Å²) in [5, 5.41) is 18.1. The monoisotopic (exact) mass is 195 g/mol. The molecule has 6 nitrogen and oxygen atoms in total. The Labute approximate surface area is 81.8 Å². The number of hydrogen-bond acceptors (Lipinski definition) is 6. The van der Waals surface area contributed by atoms with Gasteiger partial charge in [0.05, 0.1) is 18.8 Å². The Hall–Kier alpha value is -1.40. The molecular weight excluding hydrogens is 182 g/mol. The topological polar surface area (TPSA) is 86.2 Å². The SMILES string of the molecule is NC(O)C1C=CN(C2CN=CN2)N=C1. The van der Waals surface area contributed by atoms with Crippen molar-refractivity contribution >= 4 is 12.6 Å². The van der Waals surface area contributed by atoms with Crippen molar-refractivity contribution in [2.45, 2.75) is 12.4 Å². The van der Waals surface area contributed by atoms with Crippen LogP contribution in [0, 0.1) is 5.92 Å². The van der Waals surface area contributed by atoms with Crippen molar-refractivity contribution in [1.82, 2.24) is 10.3 Å². The molecule has 0 fully saturated rings. The summed E-state index contributed by atoms with van der Waals surface area (Å²) < 4.78 is 0. The normalized spacial score (nSPS) is 32.0. The summed E-state index contributed by atoms with van der Waals surface area (Å²) in [5.74, 6) is -0.200. The number of aliphatic imine (C=N–C) groups is 1. The second-order valence-electron chi connectivity index (χ2n) is 3.23. The molecule has 0 saturated carbocycles. The van der Waals surface area contributed by atoms with Crippen LogP contribution in [0.5, 0.6) is 0 Å². The van der Waals surface area contributed by atoms with Crippen molar-refractivity contribution in [2.24, 2.45) is 21.7 Å². The van der Waals surface area contributed by atoms with Crippen molar-refractivity contribution in [1.29, 1.82) is 0 Å². The maximum Gasteiger partial charge on any atom is 0.140 e. The van der Waals surface area contributed by atoms with E-state index in [1.807, 2.05) is 6.08 Å². The number of aliphatic hydroxyl groups excluding tert-OH is 1. The van der Waals surface area contributed by atoms with Gasteiger partial charge in [0.1, 0.15) is 12.4 Å². The highest BCUT2D eigenvalue weighted by molar-refractivity contribution is 5.65. The molecule has 76 valence electrons. The molecule has 3 unspecified atom stereocenters. The summed E-state index contributed by atoms with van der Waals surface area (Å²) in [5.41, 5.74) is 5.32. The van der Waals surface area contributed by atoms with Gasteiger partial charge in [0, 0.05) is 12.4 Å².